The molecular formula is C19H25NO3. The number of esters is 1. The molecule has 4 heteroatoms. The molecule has 1 aliphatic heterocycles. The van der Waals surface area contributed by atoms with Crippen LogP contribution in [0.2, 0.25) is 0 Å². The van der Waals surface area contributed by atoms with Crippen molar-refractivity contribution in [2.24, 2.45) is 5.41 Å². The zero-order valence-corrected chi connectivity index (χ0v) is 14.1. The second-order valence-electron chi connectivity index (χ2n) is 7.61. The third kappa shape index (κ3) is 1.82. The Labute approximate surface area is 137 Å². The van der Waals surface area contributed by atoms with Gasteiger partial charge in [0.15, 0.2) is 0 Å². The molecule has 1 aromatic carbocycles. The Morgan fingerprint density at radius 3 is 2.65 bits per heavy atom. The van der Waals surface area contributed by atoms with E-state index in [2.05, 4.69) is 11.9 Å². The largest absolute Gasteiger partial charge is 0.461 e. The van der Waals surface area contributed by atoms with Crippen molar-refractivity contribution in [2.75, 3.05) is 20.8 Å². The molecule has 0 aromatic heterocycles. The first kappa shape index (κ1) is 15.2. The lowest BCUT2D eigenvalue weighted by Crippen LogP contribution is -2.86. The minimum atomic E-state index is -0.743. The summed E-state index contributed by atoms with van der Waals surface area (Å²) in [6.45, 7) is 2.26. The number of ether oxygens (including phenoxy) is 2. The summed E-state index contributed by atoms with van der Waals surface area (Å²) in [5, 5.41) is 0. The van der Waals surface area contributed by atoms with Crippen molar-refractivity contribution in [3.05, 3.63) is 35.9 Å². The number of likely N-dealkylation sites (tertiary alicyclic amines) is 1. The molecule has 2 saturated carbocycles. The summed E-state index contributed by atoms with van der Waals surface area (Å²) in [4.78, 5) is 15.4. The van der Waals surface area contributed by atoms with Crippen LogP contribution in [0.3, 0.4) is 0 Å². The standard InChI is InChI=1S/C19H25NO3/c1-18(12-22-3,13-7-5-4-6-8-13)17(21)23-16-11-15-19(16)10-9-14(19)20(15)2/h4-8,14-16H,9-12H2,1-3H3. The second-order valence-corrected chi connectivity index (χ2v) is 7.61. The quantitative estimate of drug-likeness (QED) is 0.782. The van der Waals surface area contributed by atoms with Gasteiger partial charge in [-0.05, 0) is 32.4 Å². The number of rotatable bonds is 5. The van der Waals surface area contributed by atoms with Crippen molar-refractivity contribution in [2.45, 2.75) is 49.8 Å². The van der Waals surface area contributed by atoms with Gasteiger partial charge in [0.2, 0.25) is 0 Å². The van der Waals surface area contributed by atoms with E-state index >= 15 is 0 Å². The third-order valence-electron chi connectivity index (χ3n) is 6.66. The lowest BCUT2D eigenvalue weighted by Gasteiger charge is -2.78. The first-order chi connectivity index (χ1) is 11.0. The summed E-state index contributed by atoms with van der Waals surface area (Å²) in [6.07, 6.45) is 3.53. The van der Waals surface area contributed by atoms with Crippen LogP contribution < -0.4 is 0 Å². The molecule has 0 N–H and O–H groups in total. The average molecular weight is 315 g/mol. The Bertz CT molecular complexity index is 610. The average Bonchev–Trinajstić information content (AvgIpc) is 2.50. The SMILES string of the molecule is COCC(C)(C(=O)OC1CC2N(C)C3CCC132)c1ccccc1. The third-order valence-corrected chi connectivity index (χ3v) is 6.66. The van der Waals surface area contributed by atoms with E-state index in [-0.39, 0.29) is 17.5 Å². The lowest BCUT2D eigenvalue weighted by molar-refractivity contribution is -0.316. The van der Waals surface area contributed by atoms with Gasteiger partial charge >= 0.3 is 5.97 Å². The van der Waals surface area contributed by atoms with E-state index in [4.69, 9.17) is 9.47 Å². The van der Waals surface area contributed by atoms with Gasteiger partial charge in [-0.3, -0.25) is 9.69 Å². The molecule has 1 aromatic rings. The molecule has 124 valence electrons. The van der Waals surface area contributed by atoms with Crippen molar-refractivity contribution in [3.8, 4) is 0 Å². The predicted molar refractivity (Wildman–Crippen MR) is 87.2 cm³/mol. The zero-order valence-electron chi connectivity index (χ0n) is 14.1. The molecule has 1 heterocycles. The first-order valence-corrected chi connectivity index (χ1v) is 8.51. The van der Waals surface area contributed by atoms with E-state index in [0.717, 1.165) is 12.0 Å². The number of carbonyl (C=O) groups excluding carboxylic acids is 1. The molecule has 5 atom stereocenters. The Balaban J connectivity index is 1.51. The van der Waals surface area contributed by atoms with E-state index < -0.39 is 5.41 Å². The minimum absolute atomic E-state index is 0.0924. The van der Waals surface area contributed by atoms with Crippen molar-refractivity contribution in [3.63, 3.8) is 0 Å². The number of hydrogen-bond donors (Lipinski definition) is 0. The van der Waals surface area contributed by atoms with Gasteiger partial charge in [-0.25, -0.2) is 0 Å². The van der Waals surface area contributed by atoms with Gasteiger partial charge in [0.05, 0.1) is 6.61 Å². The molecule has 0 bridgehead atoms. The first-order valence-electron chi connectivity index (χ1n) is 8.51. The van der Waals surface area contributed by atoms with E-state index in [0.29, 0.717) is 18.7 Å². The molecule has 2 aliphatic carbocycles. The van der Waals surface area contributed by atoms with Gasteiger partial charge in [-0.15, -0.1) is 0 Å². The minimum Gasteiger partial charge on any atom is -0.461 e. The van der Waals surface area contributed by atoms with Gasteiger partial charge in [0, 0.05) is 31.0 Å². The fraction of sp³-hybridized carbons (Fsp3) is 0.632. The summed E-state index contributed by atoms with van der Waals surface area (Å²) >= 11 is 0. The highest BCUT2D eigenvalue weighted by atomic mass is 16.6. The summed E-state index contributed by atoms with van der Waals surface area (Å²) in [7, 11) is 3.83. The van der Waals surface area contributed by atoms with Gasteiger partial charge in [0.1, 0.15) is 11.5 Å². The summed E-state index contributed by atoms with van der Waals surface area (Å²) < 4.78 is 11.4. The van der Waals surface area contributed by atoms with Crippen molar-refractivity contribution >= 4 is 5.97 Å². The summed E-state index contributed by atoms with van der Waals surface area (Å²) in [5.74, 6) is -0.149. The fourth-order valence-corrected chi connectivity index (χ4v) is 5.10. The number of piperidine rings is 2. The maximum Gasteiger partial charge on any atom is 0.318 e. The van der Waals surface area contributed by atoms with Crippen LogP contribution in [0.1, 0.15) is 31.7 Å². The molecule has 4 rings (SSSR count). The van der Waals surface area contributed by atoms with Crippen LogP contribution in [-0.4, -0.2) is 49.8 Å². The molecule has 4 nitrogen and oxygen atoms in total. The van der Waals surface area contributed by atoms with Crippen LogP contribution >= 0.6 is 0 Å². The zero-order chi connectivity index (χ0) is 16.2. The highest BCUT2D eigenvalue weighted by Crippen LogP contribution is 2.68. The second kappa shape index (κ2) is 5.05. The molecule has 3 aliphatic rings. The molecule has 1 spiro atoms. The number of nitrogens with zero attached hydrogens (tertiary/aromatic N) is 1. The number of hydrogen-bond acceptors (Lipinski definition) is 4. The monoisotopic (exact) mass is 315 g/mol. The summed E-state index contributed by atoms with van der Waals surface area (Å²) in [6, 6.07) is 11.1. The molecule has 1 saturated heterocycles. The van der Waals surface area contributed by atoms with E-state index in [9.17, 15) is 4.79 Å². The van der Waals surface area contributed by atoms with Crippen LogP contribution in [0.4, 0.5) is 0 Å². The molecule has 0 radical (unpaired) electrons. The van der Waals surface area contributed by atoms with Crippen LogP contribution in [0.15, 0.2) is 30.3 Å². The van der Waals surface area contributed by atoms with Crippen molar-refractivity contribution in [1.29, 1.82) is 0 Å². The topological polar surface area (TPSA) is 38.8 Å². The molecular weight excluding hydrogens is 290 g/mol. The molecule has 5 unspecified atom stereocenters. The number of carbonyl (C=O) groups is 1. The van der Waals surface area contributed by atoms with E-state index in [1.54, 1.807) is 7.11 Å². The highest BCUT2D eigenvalue weighted by Gasteiger charge is 2.75. The molecule has 23 heavy (non-hydrogen) atoms. The van der Waals surface area contributed by atoms with Crippen molar-refractivity contribution < 1.29 is 14.3 Å². The number of methoxy groups -OCH3 is 1. The summed E-state index contributed by atoms with van der Waals surface area (Å²) in [5.41, 5.74) is 0.484. The van der Waals surface area contributed by atoms with Gasteiger partial charge in [0.25, 0.3) is 0 Å². The maximum absolute atomic E-state index is 13.0. The Morgan fingerprint density at radius 1 is 1.35 bits per heavy atom. The smallest absolute Gasteiger partial charge is 0.318 e. The lowest BCUT2D eigenvalue weighted by atomic mass is 9.41. The van der Waals surface area contributed by atoms with Gasteiger partial charge < -0.3 is 9.47 Å². The van der Waals surface area contributed by atoms with Crippen LogP contribution in [0.5, 0.6) is 0 Å². The predicted octanol–water partition coefficient (Wildman–Crippen LogP) is 2.37. The molecule has 3 fully saturated rings. The van der Waals surface area contributed by atoms with Crippen LogP contribution in [0.25, 0.3) is 0 Å². The Kier molecular flexibility index (Phi) is 3.33. The van der Waals surface area contributed by atoms with Crippen molar-refractivity contribution in [1.82, 2.24) is 4.90 Å². The van der Waals surface area contributed by atoms with Gasteiger partial charge in [-0.1, -0.05) is 30.3 Å². The van der Waals surface area contributed by atoms with Crippen LogP contribution in [-0.2, 0) is 19.7 Å². The van der Waals surface area contributed by atoms with E-state index in [1.165, 1.54) is 12.8 Å². The van der Waals surface area contributed by atoms with Gasteiger partial charge in [-0.2, -0.15) is 0 Å². The fourth-order valence-electron chi connectivity index (χ4n) is 5.10. The highest BCUT2D eigenvalue weighted by molar-refractivity contribution is 5.83. The normalized spacial score (nSPS) is 37.3. The van der Waals surface area contributed by atoms with E-state index in [1.807, 2.05) is 37.3 Å². The Hall–Kier alpha value is -1.39. The molecule has 0 amide bonds. The maximum atomic E-state index is 13.0. The number of benzene rings is 1. The Morgan fingerprint density at radius 2 is 2.09 bits per heavy atom. The van der Waals surface area contributed by atoms with Crippen LogP contribution in [0, 0.1) is 5.41 Å².